The summed E-state index contributed by atoms with van der Waals surface area (Å²) in [5, 5.41) is 9.80. The fourth-order valence-electron chi connectivity index (χ4n) is 2.73. The van der Waals surface area contributed by atoms with Crippen molar-refractivity contribution >= 4 is 46.5 Å². The zero-order valence-corrected chi connectivity index (χ0v) is 17.7. The molecule has 0 aliphatic rings. The molecular formula is C23H18Cl2O3S. The van der Waals surface area contributed by atoms with Gasteiger partial charge in [-0.25, -0.2) is 4.79 Å². The third-order valence-corrected chi connectivity index (χ3v) is 5.59. The van der Waals surface area contributed by atoms with Gasteiger partial charge in [-0.2, -0.15) is 0 Å². The van der Waals surface area contributed by atoms with Gasteiger partial charge in [0.1, 0.15) is 5.75 Å². The normalized spacial score (nSPS) is 11.3. The maximum absolute atomic E-state index is 10.6. The molecule has 29 heavy (non-hydrogen) atoms. The van der Waals surface area contributed by atoms with E-state index in [4.69, 9.17) is 33.0 Å². The third-order valence-electron chi connectivity index (χ3n) is 4.04. The Morgan fingerprint density at radius 1 is 0.966 bits per heavy atom. The Labute approximate surface area is 183 Å². The molecule has 0 aliphatic carbocycles. The number of thioether (sulfide) groups is 1. The van der Waals surface area contributed by atoms with Crippen molar-refractivity contribution in [3.8, 4) is 5.75 Å². The molecule has 0 aliphatic heterocycles. The van der Waals surface area contributed by atoms with Crippen LogP contribution < -0.4 is 4.74 Å². The van der Waals surface area contributed by atoms with E-state index >= 15 is 0 Å². The molecule has 0 radical (unpaired) electrons. The van der Waals surface area contributed by atoms with E-state index in [9.17, 15) is 4.79 Å². The second-order valence-corrected chi connectivity index (χ2v) is 7.96. The summed E-state index contributed by atoms with van der Waals surface area (Å²) in [6, 6.07) is 23.2. The van der Waals surface area contributed by atoms with Gasteiger partial charge in [0.05, 0.1) is 5.02 Å². The zero-order valence-electron chi connectivity index (χ0n) is 15.3. The minimum Gasteiger partial charge on any atom is -0.480 e. The molecule has 0 aromatic heterocycles. The molecule has 0 saturated heterocycles. The monoisotopic (exact) mass is 444 g/mol. The lowest BCUT2D eigenvalue weighted by atomic mass is 9.98. The Bertz CT molecular complexity index is 1020. The Kier molecular flexibility index (Phi) is 7.64. The van der Waals surface area contributed by atoms with Crippen LogP contribution in [-0.4, -0.2) is 23.4 Å². The van der Waals surface area contributed by atoms with Crippen LogP contribution in [-0.2, 0) is 4.79 Å². The van der Waals surface area contributed by atoms with Crippen molar-refractivity contribution in [2.45, 2.75) is 4.90 Å². The minimum absolute atomic E-state index is 0.356. The fourth-order valence-corrected chi connectivity index (χ4v) is 4.08. The number of rotatable bonds is 8. The number of carboxylic acids is 1. The predicted molar refractivity (Wildman–Crippen MR) is 120 cm³/mol. The number of ether oxygens (including phenoxy) is 1. The first-order valence-corrected chi connectivity index (χ1v) is 10.6. The Balaban J connectivity index is 1.78. The maximum Gasteiger partial charge on any atom is 0.341 e. The van der Waals surface area contributed by atoms with Crippen LogP contribution in [0.4, 0.5) is 0 Å². The summed E-state index contributed by atoms with van der Waals surface area (Å²) in [6.45, 7) is -0.423. The molecular weight excluding hydrogens is 427 g/mol. The second-order valence-electron chi connectivity index (χ2n) is 6.05. The van der Waals surface area contributed by atoms with Crippen LogP contribution >= 0.6 is 35.0 Å². The predicted octanol–water partition coefficient (Wildman–Crippen LogP) is 6.68. The van der Waals surface area contributed by atoms with Gasteiger partial charge in [-0.1, -0.05) is 77.8 Å². The SMILES string of the molecule is O=C(O)COc1ccc(SCC=C(c2ccccc2)c2ccccc2Cl)cc1Cl. The van der Waals surface area contributed by atoms with Crippen molar-refractivity contribution in [2.24, 2.45) is 0 Å². The Morgan fingerprint density at radius 3 is 2.38 bits per heavy atom. The number of benzene rings is 3. The highest BCUT2D eigenvalue weighted by Crippen LogP contribution is 2.33. The lowest BCUT2D eigenvalue weighted by Crippen LogP contribution is -2.09. The van der Waals surface area contributed by atoms with E-state index in [0.29, 0.717) is 21.5 Å². The van der Waals surface area contributed by atoms with E-state index in [0.717, 1.165) is 21.6 Å². The molecule has 0 unspecified atom stereocenters. The molecule has 3 rings (SSSR count). The highest BCUT2D eigenvalue weighted by atomic mass is 35.5. The number of carbonyl (C=O) groups is 1. The largest absolute Gasteiger partial charge is 0.480 e. The Hall–Kier alpha value is -2.40. The summed E-state index contributed by atoms with van der Waals surface area (Å²) < 4.78 is 5.16. The van der Waals surface area contributed by atoms with Gasteiger partial charge < -0.3 is 9.84 Å². The topological polar surface area (TPSA) is 46.5 Å². The smallest absolute Gasteiger partial charge is 0.341 e. The molecule has 1 N–H and O–H groups in total. The van der Waals surface area contributed by atoms with E-state index in [-0.39, 0.29) is 0 Å². The van der Waals surface area contributed by atoms with Crippen molar-refractivity contribution in [3.05, 3.63) is 100 Å². The third kappa shape index (κ3) is 6.04. The first-order chi connectivity index (χ1) is 14.0. The number of hydrogen-bond donors (Lipinski definition) is 1. The molecule has 0 bridgehead atoms. The Morgan fingerprint density at radius 2 is 1.69 bits per heavy atom. The van der Waals surface area contributed by atoms with Crippen LogP contribution in [0.1, 0.15) is 11.1 Å². The number of halogens is 2. The molecule has 0 amide bonds. The first-order valence-electron chi connectivity index (χ1n) is 8.82. The van der Waals surface area contributed by atoms with Gasteiger partial charge in [-0.3, -0.25) is 0 Å². The average molecular weight is 445 g/mol. The highest BCUT2D eigenvalue weighted by molar-refractivity contribution is 7.99. The number of carboxylic acid groups (broad SMARTS) is 1. The lowest BCUT2D eigenvalue weighted by Gasteiger charge is -2.11. The first kappa shape index (κ1) is 21.3. The van der Waals surface area contributed by atoms with Crippen LogP contribution in [0.3, 0.4) is 0 Å². The van der Waals surface area contributed by atoms with E-state index in [1.807, 2.05) is 48.5 Å². The van der Waals surface area contributed by atoms with Crippen LogP contribution in [0, 0.1) is 0 Å². The van der Waals surface area contributed by atoms with Gasteiger partial charge in [0, 0.05) is 21.2 Å². The van der Waals surface area contributed by atoms with E-state index in [1.54, 1.807) is 23.9 Å². The van der Waals surface area contributed by atoms with Crippen molar-refractivity contribution < 1.29 is 14.6 Å². The van der Waals surface area contributed by atoms with Crippen molar-refractivity contribution in [1.29, 1.82) is 0 Å². The fraction of sp³-hybridized carbons (Fsp3) is 0.0870. The second kappa shape index (κ2) is 10.4. The highest BCUT2D eigenvalue weighted by Gasteiger charge is 2.09. The summed E-state index contributed by atoms with van der Waals surface area (Å²) >= 11 is 14.3. The molecule has 0 spiro atoms. The molecule has 3 aromatic rings. The number of hydrogen-bond acceptors (Lipinski definition) is 3. The summed E-state index contributed by atoms with van der Waals surface area (Å²) in [5.41, 5.74) is 3.14. The lowest BCUT2D eigenvalue weighted by molar-refractivity contribution is -0.139. The molecule has 0 saturated carbocycles. The van der Waals surface area contributed by atoms with Crippen molar-refractivity contribution in [1.82, 2.24) is 0 Å². The minimum atomic E-state index is -1.04. The van der Waals surface area contributed by atoms with E-state index < -0.39 is 12.6 Å². The summed E-state index contributed by atoms with van der Waals surface area (Å²) in [5.74, 6) is 0.0221. The van der Waals surface area contributed by atoms with Gasteiger partial charge in [-0.05, 0) is 35.4 Å². The molecule has 0 heterocycles. The molecule has 3 nitrogen and oxygen atoms in total. The summed E-state index contributed by atoms with van der Waals surface area (Å²) in [7, 11) is 0. The summed E-state index contributed by atoms with van der Waals surface area (Å²) in [4.78, 5) is 11.6. The standard InChI is InChI=1S/C23H18Cl2O3S/c24-20-9-5-4-8-19(20)18(16-6-2-1-3-7-16)12-13-29-17-10-11-22(21(25)14-17)28-15-23(26)27/h1-12,14H,13,15H2,(H,26,27). The zero-order chi connectivity index (χ0) is 20.6. The van der Waals surface area contributed by atoms with Gasteiger partial charge in [0.2, 0.25) is 0 Å². The van der Waals surface area contributed by atoms with Crippen molar-refractivity contribution in [3.63, 3.8) is 0 Å². The van der Waals surface area contributed by atoms with E-state index in [1.165, 1.54) is 0 Å². The van der Waals surface area contributed by atoms with E-state index in [2.05, 4.69) is 18.2 Å². The van der Waals surface area contributed by atoms with Crippen molar-refractivity contribution in [2.75, 3.05) is 12.4 Å². The quantitative estimate of drug-likeness (QED) is 0.393. The van der Waals surface area contributed by atoms with Gasteiger partial charge in [0.15, 0.2) is 6.61 Å². The maximum atomic E-state index is 10.6. The van der Waals surface area contributed by atoms with Crippen LogP contribution in [0.5, 0.6) is 5.75 Å². The molecule has 148 valence electrons. The summed E-state index contributed by atoms with van der Waals surface area (Å²) in [6.07, 6.45) is 2.14. The molecule has 0 atom stereocenters. The van der Waals surface area contributed by atoms with Crippen LogP contribution in [0.2, 0.25) is 10.0 Å². The van der Waals surface area contributed by atoms with Crippen LogP contribution in [0.25, 0.3) is 5.57 Å². The average Bonchev–Trinajstić information content (AvgIpc) is 2.72. The molecule has 3 aromatic carbocycles. The molecule has 6 heteroatoms. The van der Waals surface area contributed by atoms with Gasteiger partial charge in [-0.15, -0.1) is 11.8 Å². The van der Waals surface area contributed by atoms with Gasteiger partial charge >= 0.3 is 5.97 Å². The van der Waals surface area contributed by atoms with Crippen LogP contribution in [0.15, 0.2) is 83.8 Å². The van der Waals surface area contributed by atoms with Gasteiger partial charge in [0.25, 0.3) is 0 Å². The molecule has 0 fully saturated rings. The number of aliphatic carboxylic acids is 1.